The number of rotatable bonds is 4. The first-order chi connectivity index (χ1) is 10.5. The van der Waals surface area contributed by atoms with E-state index in [2.05, 4.69) is 4.74 Å². The number of carbonyl (C=O) groups excluding carboxylic acids is 2. The van der Waals surface area contributed by atoms with Crippen LogP contribution in [0.5, 0.6) is 11.5 Å². The molecule has 1 saturated heterocycles. The third-order valence-electron chi connectivity index (χ3n) is 2.89. The number of thioether (sulfide) groups is 1. The molecule has 1 aromatic rings. The predicted octanol–water partition coefficient (Wildman–Crippen LogP) is 1.77. The Bertz CT molecular complexity index is 671. The summed E-state index contributed by atoms with van der Waals surface area (Å²) in [6, 6.07) is 4.77. The maximum atomic E-state index is 12.2. The van der Waals surface area contributed by atoms with E-state index in [-0.39, 0.29) is 18.2 Å². The van der Waals surface area contributed by atoms with Gasteiger partial charge in [0.05, 0.1) is 19.1 Å². The Labute approximate surface area is 136 Å². The fraction of sp³-hybridized carbons (Fsp3) is 0.214. The van der Waals surface area contributed by atoms with Crippen LogP contribution in [-0.4, -0.2) is 47.0 Å². The fourth-order valence-electron chi connectivity index (χ4n) is 1.78. The van der Waals surface area contributed by atoms with Crippen LogP contribution in [0.25, 0.3) is 6.08 Å². The summed E-state index contributed by atoms with van der Waals surface area (Å²) in [6.45, 7) is -0.216. The van der Waals surface area contributed by atoms with E-state index in [0.717, 1.165) is 11.8 Å². The summed E-state index contributed by atoms with van der Waals surface area (Å²) in [7, 11) is 2.70. The number of phenols is 1. The number of amides is 1. The van der Waals surface area contributed by atoms with Gasteiger partial charge in [-0.3, -0.25) is 14.5 Å². The lowest BCUT2D eigenvalue weighted by Crippen LogP contribution is -2.33. The maximum Gasteiger partial charge on any atom is 0.325 e. The van der Waals surface area contributed by atoms with Crippen LogP contribution in [0, 0.1) is 0 Å². The number of ether oxygens (including phenoxy) is 2. The van der Waals surface area contributed by atoms with Gasteiger partial charge in [-0.25, -0.2) is 0 Å². The van der Waals surface area contributed by atoms with E-state index in [9.17, 15) is 14.7 Å². The molecular weight excluding hydrogens is 326 g/mol. The second kappa shape index (κ2) is 6.80. The predicted molar refractivity (Wildman–Crippen MR) is 86.6 cm³/mol. The molecular formula is C14H13NO5S2. The molecule has 0 bridgehead atoms. The average molecular weight is 339 g/mol. The van der Waals surface area contributed by atoms with E-state index in [1.807, 2.05) is 0 Å². The van der Waals surface area contributed by atoms with Gasteiger partial charge in [0.25, 0.3) is 5.91 Å². The van der Waals surface area contributed by atoms with Crippen molar-refractivity contribution in [1.82, 2.24) is 4.90 Å². The molecule has 1 amide bonds. The maximum absolute atomic E-state index is 12.2. The Morgan fingerprint density at radius 3 is 2.77 bits per heavy atom. The van der Waals surface area contributed by atoms with Crippen molar-refractivity contribution >= 4 is 46.3 Å². The molecule has 2 rings (SSSR count). The van der Waals surface area contributed by atoms with E-state index < -0.39 is 5.97 Å². The molecule has 116 valence electrons. The number of aromatic hydroxyl groups is 1. The summed E-state index contributed by atoms with van der Waals surface area (Å²) in [5, 5.41) is 9.74. The smallest absolute Gasteiger partial charge is 0.325 e. The lowest BCUT2D eigenvalue weighted by molar-refractivity contribution is -0.143. The average Bonchev–Trinajstić information content (AvgIpc) is 2.75. The molecule has 1 aliphatic heterocycles. The first-order valence-corrected chi connectivity index (χ1v) is 7.38. The highest BCUT2D eigenvalue weighted by molar-refractivity contribution is 8.26. The van der Waals surface area contributed by atoms with Crippen LogP contribution in [0.15, 0.2) is 23.1 Å². The van der Waals surface area contributed by atoms with Crippen molar-refractivity contribution in [1.29, 1.82) is 0 Å². The lowest BCUT2D eigenvalue weighted by Gasteiger charge is -2.11. The molecule has 1 fully saturated rings. The number of phenolic OH excluding ortho intramolecular Hbond substituents is 1. The Morgan fingerprint density at radius 2 is 2.18 bits per heavy atom. The van der Waals surface area contributed by atoms with E-state index in [1.165, 1.54) is 25.2 Å². The minimum absolute atomic E-state index is 0.0266. The van der Waals surface area contributed by atoms with Crippen LogP contribution < -0.4 is 4.74 Å². The van der Waals surface area contributed by atoms with E-state index in [1.54, 1.807) is 18.2 Å². The zero-order valence-electron chi connectivity index (χ0n) is 11.9. The molecule has 1 aliphatic rings. The van der Waals surface area contributed by atoms with E-state index in [4.69, 9.17) is 17.0 Å². The fourth-order valence-corrected chi connectivity index (χ4v) is 3.03. The van der Waals surface area contributed by atoms with Gasteiger partial charge in [-0.1, -0.05) is 30.0 Å². The number of nitrogens with zero attached hydrogens (tertiary/aromatic N) is 1. The molecule has 0 spiro atoms. The number of hydrogen-bond donors (Lipinski definition) is 1. The van der Waals surface area contributed by atoms with Gasteiger partial charge in [0.1, 0.15) is 10.9 Å². The highest BCUT2D eigenvalue weighted by atomic mass is 32.2. The zero-order chi connectivity index (χ0) is 16.3. The third-order valence-corrected chi connectivity index (χ3v) is 4.27. The summed E-state index contributed by atoms with van der Waals surface area (Å²) >= 11 is 6.19. The molecule has 6 nitrogen and oxygen atoms in total. The molecule has 0 radical (unpaired) electrons. The van der Waals surface area contributed by atoms with Crippen molar-refractivity contribution in [2.24, 2.45) is 0 Å². The highest BCUT2D eigenvalue weighted by Crippen LogP contribution is 2.34. The third kappa shape index (κ3) is 3.40. The topological polar surface area (TPSA) is 76.1 Å². The van der Waals surface area contributed by atoms with Gasteiger partial charge in [-0.15, -0.1) is 0 Å². The number of thiocarbonyl (C=S) groups is 1. The second-order valence-corrected chi connectivity index (χ2v) is 5.95. The number of benzene rings is 1. The summed E-state index contributed by atoms with van der Waals surface area (Å²) in [5.74, 6) is -0.591. The second-order valence-electron chi connectivity index (χ2n) is 4.28. The van der Waals surface area contributed by atoms with Gasteiger partial charge in [-0.05, 0) is 23.8 Å². The molecule has 8 heteroatoms. The van der Waals surface area contributed by atoms with Crippen molar-refractivity contribution in [3.8, 4) is 11.5 Å². The molecule has 0 saturated carbocycles. The summed E-state index contributed by atoms with van der Waals surface area (Å²) < 4.78 is 9.78. The number of methoxy groups -OCH3 is 2. The SMILES string of the molecule is COC(=O)CN1C(=O)/C(=C/c2ccc(OC)c(O)c2)SC1=S. The molecule has 0 aliphatic carbocycles. The minimum atomic E-state index is -0.542. The normalized spacial score (nSPS) is 16.3. The largest absolute Gasteiger partial charge is 0.504 e. The minimum Gasteiger partial charge on any atom is -0.504 e. The van der Waals surface area contributed by atoms with E-state index in [0.29, 0.717) is 20.5 Å². The summed E-state index contributed by atoms with van der Waals surface area (Å²) in [6.07, 6.45) is 1.59. The van der Waals surface area contributed by atoms with Crippen molar-refractivity contribution in [3.63, 3.8) is 0 Å². The first kappa shape index (κ1) is 16.3. The monoisotopic (exact) mass is 339 g/mol. The van der Waals surface area contributed by atoms with Crippen LogP contribution in [0.3, 0.4) is 0 Å². The van der Waals surface area contributed by atoms with E-state index >= 15 is 0 Å². The molecule has 22 heavy (non-hydrogen) atoms. The summed E-state index contributed by atoms with van der Waals surface area (Å²) in [5.41, 5.74) is 0.622. The molecule has 0 aromatic heterocycles. The van der Waals surface area contributed by atoms with Crippen LogP contribution >= 0.6 is 24.0 Å². The van der Waals surface area contributed by atoms with Crippen molar-refractivity contribution in [2.45, 2.75) is 0 Å². The Balaban J connectivity index is 2.22. The zero-order valence-corrected chi connectivity index (χ0v) is 13.5. The Hall–Kier alpha value is -2.06. The number of esters is 1. The standard InChI is InChI=1S/C14H13NO5S2/c1-19-10-4-3-8(5-9(10)16)6-11-13(18)15(14(21)22-11)7-12(17)20-2/h3-6,16H,7H2,1-2H3/b11-6-. The highest BCUT2D eigenvalue weighted by Gasteiger charge is 2.33. The number of carbonyl (C=O) groups is 2. The molecule has 1 aromatic carbocycles. The molecule has 1 heterocycles. The van der Waals surface area contributed by atoms with Crippen molar-refractivity contribution in [3.05, 3.63) is 28.7 Å². The van der Waals surface area contributed by atoms with Crippen LogP contribution in [0.2, 0.25) is 0 Å². The Kier molecular flexibility index (Phi) is 5.04. The van der Waals surface area contributed by atoms with Crippen LogP contribution in [0.1, 0.15) is 5.56 Å². The van der Waals surface area contributed by atoms with Gasteiger partial charge in [0.2, 0.25) is 0 Å². The number of hydrogen-bond acceptors (Lipinski definition) is 7. The molecule has 0 atom stereocenters. The van der Waals surface area contributed by atoms with Crippen molar-refractivity contribution < 1.29 is 24.2 Å². The van der Waals surface area contributed by atoms with Gasteiger partial charge < -0.3 is 14.6 Å². The first-order valence-electron chi connectivity index (χ1n) is 6.15. The van der Waals surface area contributed by atoms with Gasteiger partial charge >= 0.3 is 5.97 Å². The quantitative estimate of drug-likeness (QED) is 0.509. The van der Waals surface area contributed by atoms with Crippen LogP contribution in [-0.2, 0) is 14.3 Å². The Morgan fingerprint density at radius 1 is 1.45 bits per heavy atom. The molecule has 1 N–H and O–H groups in total. The lowest BCUT2D eigenvalue weighted by atomic mass is 10.2. The molecule has 0 unspecified atom stereocenters. The van der Waals surface area contributed by atoms with Gasteiger partial charge in [0.15, 0.2) is 11.5 Å². The van der Waals surface area contributed by atoms with Gasteiger partial charge in [0, 0.05) is 0 Å². The van der Waals surface area contributed by atoms with Crippen LogP contribution in [0.4, 0.5) is 0 Å². The van der Waals surface area contributed by atoms with Gasteiger partial charge in [-0.2, -0.15) is 0 Å². The van der Waals surface area contributed by atoms with Crippen molar-refractivity contribution in [2.75, 3.05) is 20.8 Å². The summed E-state index contributed by atoms with van der Waals surface area (Å²) in [4.78, 5) is 25.1.